The fourth-order valence-electron chi connectivity index (χ4n) is 3.37. The summed E-state index contributed by atoms with van der Waals surface area (Å²) in [4.78, 5) is 11.2. The Hall–Kier alpha value is -2.01. The van der Waals surface area contributed by atoms with Gasteiger partial charge in [0.25, 0.3) is 0 Å². The zero-order chi connectivity index (χ0) is 21.5. The highest BCUT2D eigenvalue weighted by Gasteiger charge is 2.13. The predicted molar refractivity (Wildman–Crippen MR) is 118 cm³/mol. The quantitative estimate of drug-likeness (QED) is 0.315. The topological polar surface area (TPSA) is 65.0 Å². The molecular formula is C24H38O5. The molecule has 5 nitrogen and oxygen atoms in total. The Morgan fingerprint density at radius 3 is 2.34 bits per heavy atom. The van der Waals surface area contributed by atoms with E-state index in [1.807, 2.05) is 24.3 Å². The minimum Gasteiger partial charge on any atom is -0.496 e. The molecule has 0 heterocycles. The van der Waals surface area contributed by atoms with Crippen molar-refractivity contribution in [2.75, 3.05) is 21.3 Å². The Morgan fingerprint density at radius 2 is 1.69 bits per heavy atom. The third-order valence-corrected chi connectivity index (χ3v) is 5.09. The number of benzene rings is 1. The minimum absolute atomic E-state index is 0.149. The van der Waals surface area contributed by atoms with Crippen LogP contribution in [0.3, 0.4) is 0 Å². The molecule has 0 radical (unpaired) electrons. The normalized spacial score (nSPS) is 12.2. The van der Waals surface area contributed by atoms with Crippen LogP contribution in [0.25, 0.3) is 6.08 Å². The fraction of sp³-hybridized carbons (Fsp3) is 0.625. The lowest BCUT2D eigenvalue weighted by Crippen LogP contribution is -2.03. The summed E-state index contributed by atoms with van der Waals surface area (Å²) in [5.41, 5.74) is 2.06. The molecule has 0 aromatic heterocycles. The van der Waals surface area contributed by atoms with Crippen molar-refractivity contribution in [2.24, 2.45) is 0 Å². The van der Waals surface area contributed by atoms with Crippen molar-refractivity contribution in [3.63, 3.8) is 0 Å². The first-order chi connectivity index (χ1) is 14.1. The molecule has 0 saturated heterocycles. The van der Waals surface area contributed by atoms with Crippen molar-refractivity contribution < 1.29 is 24.1 Å². The van der Waals surface area contributed by atoms with Gasteiger partial charge in [0.05, 0.1) is 27.4 Å². The number of carbonyl (C=O) groups excluding carboxylic acids is 1. The third kappa shape index (κ3) is 9.35. The van der Waals surface area contributed by atoms with Crippen LogP contribution in [-0.2, 0) is 16.0 Å². The molecule has 0 spiro atoms. The first kappa shape index (κ1) is 25.0. The van der Waals surface area contributed by atoms with Crippen LogP contribution < -0.4 is 9.47 Å². The van der Waals surface area contributed by atoms with Crippen molar-refractivity contribution in [3.05, 3.63) is 29.3 Å². The molecule has 0 aliphatic carbocycles. The Labute approximate surface area is 176 Å². The van der Waals surface area contributed by atoms with Gasteiger partial charge in [-0.3, -0.25) is 4.79 Å². The average Bonchev–Trinajstić information content (AvgIpc) is 2.74. The van der Waals surface area contributed by atoms with Gasteiger partial charge in [0.15, 0.2) is 0 Å². The number of aliphatic hydroxyl groups excluding tert-OH is 1. The van der Waals surface area contributed by atoms with Gasteiger partial charge in [-0.25, -0.2) is 0 Å². The Kier molecular flexibility index (Phi) is 12.9. The van der Waals surface area contributed by atoms with E-state index in [0.717, 1.165) is 80.4 Å². The average molecular weight is 407 g/mol. The van der Waals surface area contributed by atoms with Crippen molar-refractivity contribution in [2.45, 2.75) is 77.2 Å². The fourth-order valence-corrected chi connectivity index (χ4v) is 3.37. The van der Waals surface area contributed by atoms with E-state index in [-0.39, 0.29) is 5.97 Å². The van der Waals surface area contributed by atoms with E-state index < -0.39 is 6.10 Å². The zero-order valence-corrected chi connectivity index (χ0v) is 18.5. The Bertz CT molecular complexity index is 624. The van der Waals surface area contributed by atoms with Crippen LogP contribution in [0.15, 0.2) is 18.2 Å². The van der Waals surface area contributed by atoms with Gasteiger partial charge in [-0.05, 0) is 37.8 Å². The van der Waals surface area contributed by atoms with Crippen molar-refractivity contribution in [1.82, 2.24) is 0 Å². The second-order valence-corrected chi connectivity index (χ2v) is 7.27. The van der Waals surface area contributed by atoms with Crippen LogP contribution in [0.4, 0.5) is 0 Å². The van der Waals surface area contributed by atoms with Gasteiger partial charge in [-0.1, -0.05) is 51.2 Å². The van der Waals surface area contributed by atoms with Gasteiger partial charge < -0.3 is 19.3 Å². The van der Waals surface area contributed by atoms with Crippen molar-refractivity contribution in [3.8, 4) is 11.5 Å². The molecule has 1 aromatic carbocycles. The van der Waals surface area contributed by atoms with E-state index in [1.165, 1.54) is 7.11 Å². The molecule has 5 heteroatoms. The molecule has 1 atom stereocenters. The molecule has 0 aliphatic rings. The van der Waals surface area contributed by atoms with Crippen LogP contribution in [0.2, 0.25) is 0 Å². The van der Waals surface area contributed by atoms with E-state index in [9.17, 15) is 9.90 Å². The van der Waals surface area contributed by atoms with E-state index in [0.29, 0.717) is 6.42 Å². The van der Waals surface area contributed by atoms with Crippen molar-refractivity contribution in [1.29, 1.82) is 0 Å². The highest BCUT2D eigenvalue weighted by atomic mass is 16.5. The Balaban J connectivity index is 2.79. The molecule has 164 valence electrons. The van der Waals surface area contributed by atoms with Gasteiger partial charge in [0, 0.05) is 17.5 Å². The smallest absolute Gasteiger partial charge is 0.305 e. The molecule has 1 rings (SSSR count). The van der Waals surface area contributed by atoms with Gasteiger partial charge in [-0.2, -0.15) is 0 Å². The molecule has 0 aliphatic heterocycles. The minimum atomic E-state index is -0.455. The number of hydrogen-bond donors (Lipinski definition) is 1. The summed E-state index contributed by atoms with van der Waals surface area (Å²) in [6, 6.07) is 3.84. The summed E-state index contributed by atoms with van der Waals surface area (Å²) < 4.78 is 15.8. The van der Waals surface area contributed by atoms with Crippen LogP contribution >= 0.6 is 0 Å². The van der Waals surface area contributed by atoms with E-state index >= 15 is 0 Å². The van der Waals surface area contributed by atoms with E-state index in [2.05, 4.69) is 11.7 Å². The van der Waals surface area contributed by atoms with Gasteiger partial charge in [0.1, 0.15) is 11.5 Å². The second-order valence-electron chi connectivity index (χ2n) is 7.27. The van der Waals surface area contributed by atoms with Crippen LogP contribution in [0.5, 0.6) is 11.5 Å². The zero-order valence-electron chi connectivity index (χ0n) is 18.5. The number of hydrogen-bond acceptors (Lipinski definition) is 5. The summed E-state index contributed by atoms with van der Waals surface area (Å²) in [6.45, 7) is 2.16. The lowest BCUT2D eigenvalue weighted by Gasteiger charge is -2.16. The highest BCUT2D eigenvalue weighted by Crippen LogP contribution is 2.33. The van der Waals surface area contributed by atoms with Gasteiger partial charge >= 0.3 is 5.97 Å². The number of aliphatic hydroxyl groups is 1. The molecule has 0 saturated carbocycles. The van der Waals surface area contributed by atoms with Crippen LogP contribution in [0, 0.1) is 0 Å². The van der Waals surface area contributed by atoms with Crippen LogP contribution in [0.1, 0.15) is 75.8 Å². The molecule has 1 aromatic rings. The summed E-state index contributed by atoms with van der Waals surface area (Å²) in [7, 11) is 4.76. The first-order valence-corrected chi connectivity index (χ1v) is 10.7. The second kappa shape index (κ2) is 14.9. The van der Waals surface area contributed by atoms with Gasteiger partial charge in [-0.15, -0.1) is 0 Å². The number of methoxy groups -OCH3 is 3. The molecule has 1 N–H and O–H groups in total. The summed E-state index contributed by atoms with van der Waals surface area (Å²) >= 11 is 0. The molecular weight excluding hydrogens is 368 g/mol. The first-order valence-electron chi connectivity index (χ1n) is 10.7. The van der Waals surface area contributed by atoms with E-state index in [4.69, 9.17) is 9.47 Å². The number of carbonyl (C=O) groups is 1. The van der Waals surface area contributed by atoms with Crippen molar-refractivity contribution >= 4 is 12.0 Å². The highest BCUT2D eigenvalue weighted by molar-refractivity contribution is 5.69. The maximum Gasteiger partial charge on any atom is 0.305 e. The molecule has 0 fully saturated rings. The number of unbranched alkanes of at least 4 members (excludes halogenated alkanes) is 5. The largest absolute Gasteiger partial charge is 0.496 e. The monoisotopic (exact) mass is 406 g/mol. The molecule has 0 amide bonds. The predicted octanol–water partition coefficient (Wildman–Crippen LogP) is 5.32. The summed E-state index contributed by atoms with van der Waals surface area (Å²) in [5, 5.41) is 10.3. The maximum atomic E-state index is 11.2. The lowest BCUT2D eigenvalue weighted by molar-refractivity contribution is -0.140. The summed E-state index contributed by atoms with van der Waals surface area (Å²) in [6.07, 6.45) is 12.6. The lowest BCUT2D eigenvalue weighted by atomic mass is 9.97. The summed E-state index contributed by atoms with van der Waals surface area (Å²) in [5.74, 6) is 1.47. The molecule has 29 heavy (non-hydrogen) atoms. The molecule has 0 bridgehead atoms. The number of ether oxygens (including phenoxy) is 3. The molecule has 1 unspecified atom stereocenters. The SMILES string of the molecule is CCCCCC(O)/C=C/c1c(OC)ccc(OC)c1CCCCCCC(=O)OC. The third-order valence-electron chi connectivity index (χ3n) is 5.09. The maximum absolute atomic E-state index is 11.2. The Morgan fingerprint density at radius 1 is 1.00 bits per heavy atom. The number of rotatable bonds is 15. The van der Waals surface area contributed by atoms with E-state index in [1.54, 1.807) is 14.2 Å². The number of esters is 1. The van der Waals surface area contributed by atoms with Gasteiger partial charge in [0.2, 0.25) is 0 Å². The standard InChI is InChI=1S/C24H38O5/c1-5-6-9-12-19(25)15-16-21-20(22(27-2)17-18-23(21)28-3)13-10-7-8-11-14-24(26)29-4/h15-19,25H,5-14H2,1-4H3/b16-15+. The van der Waals surface area contributed by atoms with Crippen LogP contribution in [-0.4, -0.2) is 38.5 Å².